The van der Waals surface area contributed by atoms with Gasteiger partial charge in [-0.05, 0) is 50.0 Å². The fourth-order valence-corrected chi connectivity index (χ4v) is 2.83. The van der Waals surface area contributed by atoms with Crippen LogP contribution in [0.1, 0.15) is 12.0 Å². The van der Waals surface area contributed by atoms with Gasteiger partial charge in [0.2, 0.25) is 0 Å². The van der Waals surface area contributed by atoms with E-state index in [9.17, 15) is 0 Å². The Morgan fingerprint density at radius 2 is 2.13 bits per heavy atom. The van der Waals surface area contributed by atoms with Crippen LogP contribution >= 0.6 is 0 Å². The number of nitrogens with one attached hydrogen (secondary N) is 1. The quantitative estimate of drug-likeness (QED) is 0.581. The highest BCUT2D eigenvalue weighted by atomic mass is 16.5. The maximum absolute atomic E-state index is 5.93. The minimum Gasteiger partial charge on any atom is -0.493 e. The second kappa shape index (κ2) is 8.62. The highest BCUT2D eigenvalue weighted by Gasteiger charge is 2.18. The molecular formula is C17H28N4O2. The number of guanidine groups is 1. The van der Waals surface area contributed by atoms with Crippen LogP contribution < -0.4 is 20.5 Å². The maximum Gasteiger partial charge on any atom is 0.188 e. The van der Waals surface area contributed by atoms with E-state index in [1.165, 1.54) is 12.0 Å². The Hall–Kier alpha value is -1.95. The molecule has 1 fully saturated rings. The number of methoxy groups -OCH3 is 2. The van der Waals surface area contributed by atoms with Gasteiger partial charge in [-0.3, -0.25) is 4.99 Å². The Labute approximate surface area is 138 Å². The molecule has 0 saturated carbocycles. The normalized spacial score (nSPS) is 18.9. The van der Waals surface area contributed by atoms with Crippen molar-refractivity contribution in [3.05, 3.63) is 23.8 Å². The van der Waals surface area contributed by atoms with Crippen LogP contribution in [0.2, 0.25) is 0 Å². The highest BCUT2D eigenvalue weighted by Crippen LogP contribution is 2.27. The van der Waals surface area contributed by atoms with Gasteiger partial charge in [0.05, 0.1) is 14.2 Å². The minimum atomic E-state index is 0.528. The van der Waals surface area contributed by atoms with Gasteiger partial charge in [0.1, 0.15) is 0 Å². The molecule has 128 valence electrons. The zero-order valence-corrected chi connectivity index (χ0v) is 14.3. The number of hydrogen-bond donors (Lipinski definition) is 2. The van der Waals surface area contributed by atoms with Crippen LogP contribution in [0.5, 0.6) is 11.5 Å². The largest absolute Gasteiger partial charge is 0.493 e. The molecular weight excluding hydrogens is 292 g/mol. The van der Waals surface area contributed by atoms with E-state index in [0.29, 0.717) is 11.9 Å². The summed E-state index contributed by atoms with van der Waals surface area (Å²) in [5.41, 5.74) is 7.10. The maximum atomic E-state index is 5.93. The van der Waals surface area contributed by atoms with Gasteiger partial charge in [-0.15, -0.1) is 0 Å². The van der Waals surface area contributed by atoms with Crippen LogP contribution in [0.25, 0.3) is 0 Å². The molecule has 0 bridgehead atoms. The zero-order chi connectivity index (χ0) is 16.7. The molecule has 1 atom stereocenters. The average Bonchev–Trinajstić information content (AvgIpc) is 2.98. The molecule has 1 aromatic rings. The molecule has 2 rings (SSSR count). The van der Waals surface area contributed by atoms with Crippen LogP contribution in [0.15, 0.2) is 23.2 Å². The number of likely N-dealkylation sites (tertiary alicyclic amines) is 1. The van der Waals surface area contributed by atoms with E-state index in [-0.39, 0.29) is 0 Å². The molecule has 1 saturated heterocycles. The summed E-state index contributed by atoms with van der Waals surface area (Å²) in [7, 11) is 5.43. The van der Waals surface area contributed by atoms with E-state index >= 15 is 0 Å². The molecule has 0 aliphatic carbocycles. The molecule has 23 heavy (non-hydrogen) atoms. The average molecular weight is 320 g/mol. The summed E-state index contributed by atoms with van der Waals surface area (Å²) in [4.78, 5) is 6.78. The lowest BCUT2D eigenvalue weighted by Crippen LogP contribution is -2.33. The molecule has 1 aromatic carbocycles. The molecule has 0 spiro atoms. The zero-order valence-electron chi connectivity index (χ0n) is 14.3. The molecule has 0 radical (unpaired) electrons. The topological polar surface area (TPSA) is 72.1 Å². The summed E-state index contributed by atoms with van der Waals surface area (Å²) in [5.74, 6) is 2.65. The van der Waals surface area contributed by atoms with Crippen molar-refractivity contribution < 1.29 is 9.47 Å². The van der Waals surface area contributed by atoms with Gasteiger partial charge < -0.3 is 25.4 Å². The van der Waals surface area contributed by atoms with Crippen LogP contribution in [0.4, 0.5) is 0 Å². The third kappa shape index (κ3) is 5.32. The Morgan fingerprint density at radius 1 is 1.35 bits per heavy atom. The lowest BCUT2D eigenvalue weighted by molar-refractivity contribution is 0.354. The summed E-state index contributed by atoms with van der Waals surface area (Å²) >= 11 is 0. The Bertz CT molecular complexity index is 533. The van der Waals surface area contributed by atoms with Crippen molar-refractivity contribution in [3.8, 4) is 11.5 Å². The summed E-state index contributed by atoms with van der Waals surface area (Å²) < 4.78 is 10.5. The fourth-order valence-electron chi connectivity index (χ4n) is 2.83. The third-order valence-electron chi connectivity index (χ3n) is 4.18. The van der Waals surface area contributed by atoms with Crippen molar-refractivity contribution >= 4 is 5.96 Å². The molecule has 1 aliphatic rings. The standard InChI is InChI=1S/C17H28N4O2/c1-21-9-7-14(12-21)11-20-17(18)19-8-6-13-4-5-15(22-2)16(10-13)23-3/h4-5,10,14H,6-9,11-12H2,1-3H3,(H3,18,19,20). The van der Waals surface area contributed by atoms with Gasteiger partial charge in [-0.1, -0.05) is 6.07 Å². The van der Waals surface area contributed by atoms with E-state index < -0.39 is 0 Å². The summed E-state index contributed by atoms with van der Waals surface area (Å²) in [6.07, 6.45) is 2.06. The van der Waals surface area contributed by atoms with E-state index in [1.807, 2.05) is 18.2 Å². The van der Waals surface area contributed by atoms with Crippen molar-refractivity contribution in [1.29, 1.82) is 0 Å². The summed E-state index contributed by atoms with van der Waals surface area (Å²) in [5, 5.41) is 3.17. The number of ether oxygens (including phenoxy) is 2. The first kappa shape index (κ1) is 17.4. The smallest absolute Gasteiger partial charge is 0.188 e. The third-order valence-corrected chi connectivity index (χ3v) is 4.18. The number of aliphatic imine (C=N–C) groups is 1. The Kier molecular flexibility index (Phi) is 6.52. The lowest BCUT2D eigenvalue weighted by atomic mass is 10.1. The van der Waals surface area contributed by atoms with Crippen LogP contribution in [-0.2, 0) is 6.42 Å². The van der Waals surface area contributed by atoms with Gasteiger partial charge in [0.25, 0.3) is 0 Å². The molecule has 6 heteroatoms. The van der Waals surface area contributed by atoms with Crippen LogP contribution in [-0.4, -0.2) is 58.3 Å². The number of rotatable bonds is 7. The molecule has 0 aromatic heterocycles. The number of nitrogens with zero attached hydrogens (tertiary/aromatic N) is 2. The first-order valence-electron chi connectivity index (χ1n) is 8.05. The predicted octanol–water partition coefficient (Wildman–Crippen LogP) is 1.10. The lowest BCUT2D eigenvalue weighted by Gasteiger charge is -2.11. The Balaban J connectivity index is 1.75. The van der Waals surface area contributed by atoms with Crippen LogP contribution in [0.3, 0.4) is 0 Å². The van der Waals surface area contributed by atoms with Crippen LogP contribution in [0, 0.1) is 5.92 Å². The van der Waals surface area contributed by atoms with Gasteiger partial charge in [-0.25, -0.2) is 0 Å². The van der Waals surface area contributed by atoms with Crippen molar-refractivity contribution in [3.63, 3.8) is 0 Å². The van der Waals surface area contributed by atoms with Crippen molar-refractivity contribution in [2.45, 2.75) is 12.8 Å². The first-order valence-corrected chi connectivity index (χ1v) is 8.05. The van der Waals surface area contributed by atoms with E-state index in [1.54, 1.807) is 14.2 Å². The van der Waals surface area contributed by atoms with Crippen molar-refractivity contribution in [2.75, 3.05) is 47.4 Å². The van der Waals surface area contributed by atoms with Gasteiger partial charge >= 0.3 is 0 Å². The van der Waals surface area contributed by atoms with Crippen molar-refractivity contribution in [2.24, 2.45) is 16.6 Å². The second-order valence-electron chi connectivity index (χ2n) is 6.01. The van der Waals surface area contributed by atoms with E-state index in [2.05, 4.69) is 22.3 Å². The van der Waals surface area contributed by atoms with Gasteiger partial charge in [0.15, 0.2) is 17.5 Å². The molecule has 1 unspecified atom stereocenters. The molecule has 1 heterocycles. The highest BCUT2D eigenvalue weighted by molar-refractivity contribution is 5.77. The first-order chi connectivity index (χ1) is 11.1. The second-order valence-corrected chi connectivity index (χ2v) is 6.01. The Morgan fingerprint density at radius 3 is 2.78 bits per heavy atom. The predicted molar refractivity (Wildman–Crippen MR) is 93.3 cm³/mol. The van der Waals surface area contributed by atoms with Gasteiger partial charge in [0, 0.05) is 19.6 Å². The van der Waals surface area contributed by atoms with Crippen molar-refractivity contribution in [1.82, 2.24) is 10.2 Å². The monoisotopic (exact) mass is 320 g/mol. The molecule has 6 nitrogen and oxygen atoms in total. The van der Waals surface area contributed by atoms with E-state index in [0.717, 1.165) is 44.1 Å². The SMILES string of the molecule is COc1ccc(CCNC(N)=NCC2CCN(C)C2)cc1OC. The number of benzene rings is 1. The molecule has 0 amide bonds. The van der Waals surface area contributed by atoms with E-state index in [4.69, 9.17) is 15.2 Å². The number of hydrogen-bond acceptors (Lipinski definition) is 4. The molecule has 3 N–H and O–H groups in total. The fraction of sp³-hybridized carbons (Fsp3) is 0.588. The molecule has 1 aliphatic heterocycles. The minimum absolute atomic E-state index is 0.528. The summed E-state index contributed by atoms with van der Waals surface area (Å²) in [6, 6.07) is 5.94. The number of nitrogens with two attached hydrogens (primary N) is 1. The summed E-state index contributed by atoms with van der Waals surface area (Å²) in [6.45, 7) is 3.82. The van der Waals surface area contributed by atoms with Gasteiger partial charge in [-0.2, -0.15) is 0 Å².